The van der Waals surface area contributed by atoms with Crippen LogP contribution in [-0.2, 0) is 6.54 Å². The summed E-state index contributed by atoms with van der Waals surface area (Å²) in [4.78, 5) is 2.44. The van der Waals surface area contributed by atoms with Crippen molar-refractivity contribution >= 4 is 0 Å². The lowest BCUT2D eigenvalue weighted by Crippen LogP contribution is -2.42. The third kappa shape index (κ3) is 3.85. The maximum Gasteiger partial charge on any atom is 0.166 e. The van der Waals surface area contributed by atoms with Crippen LogP contribution in [0.5, 0.6) is 11.5 Å². The molecule has 106 valence electrons. The van der Waals surface area contributed by atoms with Gasteiger partial charge in [0.25, 0.3) is 0 Å². The van der Waals surface area contributed by atoms with Crippen LogP contribution in [0.2, 0.25) is 0 Å². The van der Waals surface area contributed by atoms with Crippen molar-refractivity contribution in [1.29, 1.82) is 0 Å². The summed E-state index contributed by atoms with van der Waals surface area (Å²) >= 11 is 0. The molecule has 1 aromatic carbocycles. The van der Waals surface area contributed by atoms with Crippen LogP contribution in [0.1, 0.15) is 19.4 Å². The highest BCUT2D eigenvalue weighted by Crippen LogP contribution is 2.32. The fourth-order valence-corrected chi connectivity index (χ4v) is 2.33. The molecule has 0 amide bonds. The SMILES string of the molecule is COc1cccc(CN2CCNCC2)c1OC(C)C. The molecule has 0 spiro atoms. The Hall–Kier alpha value is -1.26. The van der Waals surface area contributed by atoms with E-state index < -0.39 is 0 Å². The van der Waals surface area contributed by atoms with Gasteiger partial charge in [0.2, 0.25) is 0 Å². The van der Waals surface area contributed by atoms with E-state index in [0.29, 0.717) is 0 Å². The second kappa shape index (κ2) is 6.78. The summed E-state index contributed by atoms with van der Waals surface area (Å²) in [7, 11) is 1.69. The number of ether oxygens (including phenoxy) is 2. The van der Waals surface area contributed by atoms with E-state index in [0.717, 1.165) is 44.2 Å². The van der Waals surface area contributed by atoms with Crippen molar-refractivity contribution in [2.75, 3.05) is 33.3 Å². The summed E-state index contributed by atoms with van der Waals surface area (Å²) in [5, 5.41) is 3.37. The van der Waals surface area contributed by atoms with Crippen molar-refractivity contribution in [3.05, 3.63) is 23.8 Å². The third-order valence-corrected chi connectivity index (χ3v) is 3.24. The van der Waals surface area contributed by atoms with Gasteiger partial charge in [0.1, 0.15) is 0 Å². The molecule has 1 N–H and O–H groups in total. The van der Waals surface area contributed by atoms with E-state index in [4.69, 9.17) is 9.47 Å². The predicted molar refractivity (Wildman–Crippen MR) is 76.9 cm³/mol. The Morgan fingerprint density at radius 2 is 2.00 bits per heavy atom. The van der Waals surface area contributed by atoms with Gasteiger partial charge in [-0.2, -0.15) is 0 Å². The van der Waals surface area contributed by atoms with Crippen LogP contribution in [0, 0.1) is 0 Å². The van der Waals surface area contributed by atoms with Gasteiger partial charge in [-0.25, -0.2) is 0 Å². The average Bonchev–Trinajstić information content (AvgIpc) is 2.41. The Bertz CT molecular complexity index is 401. The number of methoxy groups -OCH3 is 1. The highest BCUT2D eigenvalue weighted by molar-refractivity contribution is 5.46. The average molecular weight is 264 g/mol. The second-order valence-corrected chi connectivity index (χ2v) is 5.14. The first-order chi connectivity index (χ1) is 9.20. The molecule has 1 aliphatic rings. The van der Waals surface area contributed by atoms with E-state index in [-0.39, 0.29) is 6.10 Å². The first kappa shape index (κ1) is 14.2. The van der Waals surface area contributed by atoms with Crippen LogP contribution in [0.25, 0.3) is 0 Å². The van der Waals surface area contributed by atoms with Crippen molar-refractivity contribution in [3.63, 3.8) is 0 Å². The van der Waals surface area contributed by atoms with E-state index in [2.05, 4.69) is 16.3 Å². The maximum absolute atomic E-state index is 5.94. The maximum atomic E-state index is 5.94. The van der Waals surface area contributed by atoms with Gasteiger partial charge in [-0.3, -0.25) is 4.90 Å². The zero-order chi connectivity index (χ0) is 13.7. The Morgan fingerprint density at radius 3 is 2.63 bits per heavy atom. The summed E-state index contributed by atoms with van der Waals surface area (Å²) in [5.41, 5.74) is 1.20. The van der Waals surface area contributed by atoms with Gasteiger partial charge in [-0.15, -0.1) is 0 Å². The highest BCUT2D eigenvalue weighted by atomic mass is 16.5. The number of hydrogen-bond donors (Lipinski definition) is 1. The predicted octanol–water partition coefficient (Wildman–Crippen LogP) is 1.89. The number of rotatable bonds is 5. The zero-order valence-electron chi connectivity index (χ0n) is 12.1. The number of hydrogen-bond acceptors (Lipinski definition) is 4. The van der Waals surface area contributed by atoms with E-state index in [1.807, 2.05) is 26.0 Å². The summed E-state index contributed by atoms with van der Waals surface area (Å²) in [6.45, 7) is 9.29. The molecule has 4 heteroatoms. The quantitative estimate of drug-likeness (QED) is 0.880. The molecule has 0 saturated carbocycles. The summed E-state index contributed by atoms with van der Waals surface area (Å²) in [6.07, 6.45) is 0.151. The van der Waals surface area contributed by atoms with Crippen LogP contribution in [-0.4, -0.2) is 44.3 Å². The Balaban J connectivity index is 2.17. The van der Waals surface area contributed by atoms with E-state index in [1.54, 1.807) is 7.11 Å². The lowest BCUT2D eigenvalue weighted by molar-refractivity contribution is 0.208. The molecule has 0 radical (unpaired) electrons. The normalized spacial score (nSPS) is 16.6. The second-order valence-electron chi connectivity index (χ2n) is 5.14. The molecular formula is C15H24N2O2. The van der Waals surface area contributed by atoms with Gasteiger partial charge in [-0.1, -0.05) is 12.1 Å². The molecule has 1 fully saturated rings. The lowest BCUT2D eigenvalue weighted by atomic mass is 10.1. The molecule has 1 aromatic rings. The summed E-state index contributed by atoms with van der Waals surface area (Å²) < 4.78 is 11.4. The Morgan fingerprint density at radius 1 is 1.26 bits per heavy atom. The number of para-hydroxylation sites is 1. The molecule has 0 unspecified atom stereocenters. The number of nitrogens with one attached hydrogen (secondary N) is 1. The Labute approximate surface area is 115 Å². The highest BCUT2D eigenvalue weighted by Gasteiger charge is 2.16. The van der Waals surface area contributed by atoms with Crippen molar-refractivity contribution in [2.24, 2.45) is 0 Å². The van der Waals surface area contributed by atoms with Gasteiger partial charge in [0.05, 0.1) is 13.2 Å². The first-order valence-corrected chi connectivity index (χ1v) is 6.96. The number of benzene rings is 1. The smallest absolute Gasteiger partial charge is 0.166 e. The van der Waals surface area contributed by atoms with Crippen molar-refractivity contribution in [1.82, 2.24) is 10.2 Å². The molecule has 1 heterocycles. The minimum absolute atomic E-state index is 0.151. The standard InChI is InChI=1S/C15H24N2O2/c1-12(2)19-15-13(5-4-6-14(15)18-3)11-17-9-7-16-8-10-17/h4-6,12,16H,7-11H2,1-3H3. The number of nitrogens with zero attached hydrogens (tertiary/aromatic N) is 1. The monoisotopic (exact) mass is 264 g/mol. The van der Waals surface area contributed by atoms with E-state index in [1.165, 1.54) is 5.56 Å². The largest absolute Gasteiger partial charge is 0.493 e. The van der Waals surface area contributed by atoms with E-state index in [9.17, 15) is 0 Å². The minimum Gasteiger partial charge on any atom is -0.493 e. The lowest BCUT2D eigenvalue weighted by Gasteiger charge is -2.28. The third-order valence-electron chi connectivity index (χ3n) is 3.24. The van der Waals surface area contributed by atoms with Gasteiger partial charge in [0, 0.05) is 38.3 Å². The fourth-order valence-electron chi connectivity index (χ4n) is 2.33. The molecular weight excluding hydrogens is 240 g/mol. The molecule has 0 bridgehead atoms. The molecule has 1 saturated heterocycles. The summed E-state index contributed by atoms with van der Waals surface area (Å²) in [6, 6.07) is 6.12. The summed E-state index contributed by atoms with van der Waals surface area (Å²) in [5.74, 6) is 1.71. The first-order valence-electron chi connectivity index (χ1n) is 6.96. The van der Waals surface area contributed by atoms with Crippen LogP contribution in [0.15, 0.2) is 18.2 Å². The van der Waals surface area contributed by atoms with Gasteiger partial charge >= 0.3 is 0 Å². The van der Waals surface area contributed by atoms with Gasteiger partial charge < -0.3 is 14.8 Å². The minimum atomic E-state index is 0.151. The van der Waals surface area contributed by atoms with Crippen LogP contribution in [0.4, 0.5) is 0 Å². The van der Waals surface area contributed by atoms with Gasteiger partial charge in [0.15, 0.2) is 11.5 Å². The molecule has 4 nitrogen and oxygen atoms in total. The number of piperazine rings is 1. The molecule has 2 rings (SSSR count). The molecule has 0 aromatic heterocycles. The van der Waals surface area contributed by atoms with Crippen molar-refractivity contribution < 1.29 is 9.47 Å². The van der Waals surface area contributed by atoms with Crippen LogP contribution < -0.4 is 14.8 Å². The molecule has 0 atom stereocenters. The van der Waals surface area contributed by atoms with Crippen molar-refractivity contribution in [3.8, 4) is 11.5 Å². The Kier molecular flexibility index (Phi) is 5.05. The van der Waals surface area contributed by atoms with Crippen LogP contribution >= 0.6 is 0 Å². The molecule has 19 heavy (non-hydrogen) atoms. The zero-order valence-corrected chi connectivity index (χ0v) is 12.1. The van der Waals surface area contributed by atoms with Gasteiger partial charge in [-0.05, 0) is 19.9 Å². The van der Waals surface area contributed by atoms with Crippen molar-refractivity contribution in [2.45, 2.75) is 26.5 Å². The van der Waals surface area contributed by atoms with E-state index >= 15 is 0 Å². The molecule has 0 aliphatic carbocycles. The molecule has 1 aliphatic heterocycles. The fraction of sp³-hybridized carbons (Fsp3) is 0.600. The topological polar surface area (TPSA) is 33.7 Å². The van der Waals surface area contributed by atoms with Crippen LogP contribution in [0.3, 0.4) is 0 Å².